The van der Waals surface area contributed by atoms with Crippen molar-refractivity contribution in [1.29, 1.82) is 0 Å². The zero-order chi connectivity index (χ0) is 26.3. The summed E-state index contributed by atoms with van der Waals surface area (Å²) in [7, 11) is 1.42. The van der Waals surface area contributed by atoms with E-state index in [0.29, 0.717) is 35.0 Å². The van der Waals surface area contributed by atoms with Crippen LogP contribution in [0.2, 0.25) is 0 Å². The van der Waals surface area contributed by atoms with Gasteiger partial charge in [0.1, 0.15) is 17.6 Å². The van der Waals surface area contributed by atoms with Crippen molar-refractivity contribution in [3.8, 4) is 17.2 Å². The predicted octanol–water partition coefficient (Wildman–Crippen LogP) is 4.20. The molecule has 10 heteroatoms. The molecule has 9 nitrogen and oxygen atoms in total. The number of aromatic nitrogens is 2. The average Bonchev–Trinajstić information content (AvgIpc) is 3.59. The van der Waals surface area contributed by atoms with E-state index in [1.165, 1.54) is 12.0 Å². The molecule has 2 aromatic carbocycles. The van der Waals surface area contributed by atoms with E-state index >= 15 is 0 Å². The SMILES string of the molecule is COc1cc([C@H]2/C(=C(\O)c3ccc4c(c3)C[C@H](C)O4)C(=O)C(=O)N2CCCn2ccnc2)cc(Br)c1O. The van der Waals surface area contributed by atoms with Crippen LogP contribution in [0.3, 0.4) is 0 Å². The highest BCUT2D eigenvalue weighted by Crippen LogP contribution is 2.44. The van der Waals surface area contributed by atoms with Gasteiger partial charge in [0.05, 0.1) is 29.5 Å². The molecule has 1 amide bonds. The van der Waals surface area contributed by atoms with Crippen molar-refractivity contribution >= 4 is 33.4 Å². The molecule has 0 unspecified atom stereocenters. The number of hydrogen-bond acceptors (Lipinski definition) is 7. The molecule has 3 aromatic rings. The number of phenols is 1. The molecular formula is C27H26BrN3O6. The summed E-state index contributed by atoms with van der Waals surface area (Å²) >= 11 is 3.33. The number of hydrogen-bond donors (Lipinski definition) is 2. The predicted molar refractivity (Wildman–Crippen MR) is 138 cm³/mol. The number of imidazole rings is 1. The van der Waals surface area contributed by atoms with Gasteiger partial charge in [0.25, 0.3) is 11.7 Å². The highest BCUT2D eigenvalue weighted by Gasteiger charge is 2.46. The molecule has 5 rings (SSSR count). The molecular weight excluding hydrogens is 542 g/mol. The number of methoxy groups -OCH3 is 1. The Morgan fingerprint density at radius 3 is 2.78 bits per heavy atom. The van der Waals surface area contributed by atoms with Gasteiger partial charge in [-0.15, -0.1) is 0 Å². The number of Topliss-reactive ketones (excluding diaryl/α,β-unsaturated/α-hetero) is 1. The molecule has 0 aliphatic carbocycles. The number of nitrogens with zero attached hydrogens (tertiary/aromatic N) is 3. The molecule has 2 aliphatic rings. The second-order valence-corrected chi connectivity index (χ2v) is 10.0. The summed E-state index contributed by atoms with van der Waals surface area (Å²) in [4.78, 5) is 32.1. The summed E-state index contributed by atoms with van der Waals surface area (Å²) in [6, 6.07) is 7.57. The number of carbonyl (C=O) groups is 2. The van der Waals surface area contributed by atoms with Crippen molar-refractivity contribution in [2.45, 2.75) is 38.5 Å². The minimum Gasteiger partial charge on any atom is -0.507 e. The molecule has 2 atom stereocenters. The largest absolute Gasteiger partial charge is 0.507 e. The number of amides is 1. The number of benzene rings is 2. The third kappa shape index (κ3) is 4.57. The second kappa shape index (κ2) is 9.93. The Hall–Kier alpha value is -3.79. The first-order valence-electron chi connectivity index (χ1n) is 11.9. The number of aryl methyl sites for hydroxylation is 1. The Labute approximate surface area is 222 Å². The standard InChI is InChI=1S/C27H26BrN3O6/c1-15-10-17-11-16(4-5-20(17)37-15)24(32)22-23(18-12-19(28)25(33)21(13-18)36-2)31(27(35)26(22)34)8-3-7-30-9-6-29-14-30/h4-6,9,11-15,23,32-33H,3,7-8,10H2,1-2H3/b24-22+/t15-,23-/m0/s1. The average molecular weight is 568 g/mol. The molecule has 192 valence electrons. The van der Waals surface area contributed by atoms with Crippen molar-refractivity contribution in [2.24, 2.45) is 0 Å². The maximum Gasteiger partial charge on any atom is 0.295 e. The lowest BCUT2D eigenvalue weighted by atomic mass is 9.94. The van der Waals surface area contributed by atoms with Crippen LogP contribution >= 0.6 is 15.9 Å². The maximum atomic E-state index is 13.4. The van der Waals surface area contributed by atoms with E-state index in [4.69, 9.17) is 9.47 Å². The highest BCUT2D eigenvalue weighted by molar-refractivity contribution is 9.10. The fraction of sp³-hybridized carbons (Fsp3) is 0.296. The molecule has 0 spiro atoms. The number of aliphatic hydroxyl groups is 1. The number of ether oxygens (including phenoxy) is 2. The monoisotopic (exact) mass is 567 g/mol. The number of carbonyl (C=O) groups excluding carboxylic acids is 2. The fourth-order valence-corrected chi connectivity index (χ4v) is 5.39. The second-order valence-electron chi connectivity index (χ2n) is 9.16. The first kappa shape index (κ1) is 24.9. The Bertz CT molecular complexity index is 1400. The molecule has 37 heavy (non-hydrogen) atoms. The highest BCUT2D eigenvalue weighted by atomic mass is 79.9. The van der Waals surface area contributed by atoms with Crippen LogP contribution in [0.15, 0.2) is 59.1 Å². The van der Waals surface area contributed by atoms with Crippen molar-refractivity contribution in [1.82, 2.24) is 14.5 Å². The maximum absolute atomic E-state index is 13.4. The van der Waals surface area contributed by atoms with E-state index in [1.807, 2.05) is 17.7 Å². The van der Waals surface area contributed by atoms with Gasteiger partial charge in [0.2, 0.25) is 0 Å². The van der Waals surface area contributed by atoms with Crippen molar-refractivity contribution in [2.75, 3.05) is 13.7 Å². The van der Waals surface area contributed by atoms with Crippen molar-refractivity contribution < 1.29 is 29.3 Å². The minimum atomic E-state index is -0.878. The van der Waals surface area contributed by atoms with Gasteiger partial charge in [0, 0.05) is 37.5 Å². The smallest absolute Gasteiger partial charge is 0.295 e. The summed E-state index contributed by atoms with van der Waals surface area (Å²) in [6.45, 7) is 2.83. The van der Waals surface area contributed by atoms with E-state index in [1.54, 1.807) is 42.9 Å². The zero-order valence-corrected chi connectivity index (χ0v) is 21.9. The summed E-state index contributed by atoms with van der Waals surface area (Å²) in [5, 5.41) is 21.8. The summed E-state index contributed by atoms with van der Waals surface area (Å²) < 4.78 is 13.3. The number of aliphatic hydroxyl groups excluding tert-OH is 1. The van der Waals surface area contributed by atoms with Crippen LogP contribution in [0, 0.1) is 0 Å². The van der Waals surface area contributed by atoms with Crippen molar-refractivity contribution in [3.05, 3.63) is 75.8 Å². The van der Waals surface area contributed by atoms with Crippen LogP contribution in [-0.2, 0) is 22.6 Å². The van der Waals surface area contributed by atoms with Gasteiger partial charge in [0.15, 0.2) is 11.5 Å². The van der Waals surface area contributed by atoms with Gasteiger partial charge in [-0.3, -0.25) is 9.59 Å². The van der Waals surface area contributed by atoms with E-state index < -0.39 is 17.7 Å². The normalized spacial score (nSPS) is 20.2. The van der Waals surface area contributed by atoms with Crippen LogP contribution in [0.5, 0.6) is 17.2 Å². The minimum absolute atomic E-state index is 0.0146. The lowest BCUT2D eigenvalue weighted by Gasteiger charge is -2.26. The molecule has 1 fully saturated rings. The number of phenolic OH excluding ortho intramolecular Hbond substituents is 1. The third-order valence-corrected chi connectivity index (χ3v) is 7.27. The van der Waals surface area contributed by atoms with Gasteiger partial charge in [-0.25, -0.2) is 4.98 Å². The number of aromatic hydroxyl groups is 1. The third-order valence-electron chi connectivity index (χ3n) is 6.67. The molecule has 0 radical (unpaired) electrons. The topological polar surface area (TPSA) is 114 Å². The van der Waals surface area contributed by atoms with Crippen LogP contribution in [0.4, 0.5) is 0 Å². The Morgan fingerprint density at radius 2 is 2.05 bits per heavy atom. The van der Waals surface area contributed by atoms with E-state index in [0.717, 1.165) is 11.3 Å². The molecule has 0 bridgehead atoms. The quantitative estimate of drug-likeness (QED) is 0.250. The number of halogens is 1. The van der Waals surface area contributed by atoms with Crippen LogP contribution in [0.25, 0.3) is 5.76 Å². The zero-order valence-electron chi connectivity index (χ0n) is 20.3. The fourth-order valence-electron chi connectivity index (χ4n) is 4.93. The molecule has 1 aromatic heterocycles. The number of rotatable bonds is 7. The van der Waals surface area contributed by atoms with Crippen LogP contribution in [0.1, 0.15) is 36.1 Å². The van der Waals surface area contributed by atoms with Crippen molar-refractivity contribution in [3.63, 3.8) is 0 Å². The molecule has 1 saturated heterocycles. The first-order valence-corrected chi connectivity index (χ1v) is 12.7. The van der Waals surface area contributed by atoms with Gasteiger partial charge in [-0.05, 0) is 70.7 Å². The number of likely N-dealkylation sites (tertiary alicyclic amines) is 1. The lowest BCUT2D eigenvalue weighted by Crippen LogP contribution is -2.31. The first-order chi connectivity index (χ1) is 17.8. The summed E-state index contributed by atoms with van der Waals surface area (Å²) in [5.74, 6) is -0.899. The lowest BCUT2D eigenvalue weighted by molar-refractivity contribution is -0.139. The molecule has 2 aliphatic heterocycles. The van der Waals surface area contributed by atoms with Gasteiger partial charge >= 0.3 is 0 Å². The molecule has 0 saturated carbocycles. The molecule has 2 N–H and O–H groups in total. The summed E-state index contributed by atoms with van der Waals surface area (Å²) in [6.07, 6.45) is 6.46. The summed E-state index contributed by atoms with van der Waals surface area (Å²) in [5.41, 5.74) is 1.86. The Morgan fingerprint density at radius 1 is 1.24 bits per heavy atom. The Balaban J connectivity index is 1.59. The van der Waals surface area contributed by atoms with E-state index in [-0.39, 0.29) is 35.5 Å². The van der Waals surface area contributed by atoms with Gasteiger partial charge in [-0.2, -0.15) is 0 Å². The van der Waals surface area contributed by atoms with Crippen LogP contribution in [-0.4, -0.2) is 56.1 Å². The van der Waals surface area contributed by atoms with Crippen LogP contribution < -0.4 is 9.47 Å². The van der Waals surface area contributed by atoms with E-state index in [9.17, 15) is 19.8 Å². The Kier molecular flexibility index (Phi) is 6.68. The van der Waals surface area contributed by atoms with Gasteiger partial charge in [-0.1, -0.05) is 0 Å². The number of ketones is 1. The number of fused-ring (bicyclic) bond motifs is 1. The molecule has 3 heterocycles. The van der Waals surface area contributed by atoms with Gasteiger partial charge < -0.3 is 29.2 Å². The van der Waals surface area contributed by atoms with E-state index in [2.05, 4.69) is 20.9 Å².